The summed E-state index contributed by atoms with van der Waals surface area (Å²) in [6.45, 7) is 13.8. The molecular formula is C15H29NO. The van der Waals surface area contributed by atoms with E-state index in [1.165, 1.54) is 32.4 Å². The Labute approximate surface area is 107 Å². The van der Waals surface area contributed by atoms with Gasteiger partial charge in [0.1, 0.15) is 0 Å². The molecule has 0 spiro atoms. The summed E-state index contributed by atoms with van der Waals surface area (Å²) in [7, 11) is 0. The molecule has 3 unspecified atom stereocenters. The van der Waals surface area contributed by atoms with Crippen LogP contribution in [0.2, 0.25) is 0 Å². The summed E-state index contributed by atoms with van der Waals surface area (Å²) in [4.78, 5) is 0. The van der Waals surface area contributed by atoms with Gasteiger partial charge in [-0.3, -0.25) is 0 Å². The highest BCUT2D eigenvalue weighted by Gasteiger charge is 2.46. The molecule has 2 aliphatic heterocycles. The van der Waals surface area contributed by atoms with Crippen LogP contribution in [-0.2, 0) is 4.74 Å². The van der Waals surface area contributed by atoms with Gasteiger partial charge in [0.25, 0.3) is 0 Å². The van der Waals surface area contributed by atoms with E-state index in [1.54, 1.807) is 0 Å². The average molecular weight is 239 g/mol. The molecule has 2 saturated heterocycles. The van der Waals surface area contributed by atoms with Crippen LogP contribution >= 0.6 is 0 Å². The summed E-state index contributed by atoms with van der Waals surface area (Å²) in [5.41, 5.74) is 0.125. The first-order valence-corrected chi connectivity index (χ1v) is 7.21. The molecule has 2 heteroatoms. The van der Waals surface area contributed by atoms with Gasteiger partial charge in [-0.05, 0) is 77.8 Å². The van der Waals surface area contributed by atoms with Crippen molar-refractivity contribution < 1.29 is 4.74 Å². The lowest BCUT2D eigenvalue weighted by Gasteiger charge is -2.35. The zero-order valence-corrected chi connectivity index (χ0v) is 12.2. The van der Waals surface area contributed by atoms with Crippen molar-refractivity contribution in [2.45, 2.75) is 65.1 Å². The first-order chi connectivity index (χ1) is 7.80. The van der Waals surface area contributed by atoms with Gasteiger partial charge in [-0.2, -0.15) is 0 Å². The molecule has 0 amide bonds. The Morgan fingerprint density at radius 1 is 1.24 bits per heavy atom. The van der Waals surface area contributed by atoms with Gasteiger partial charge in [-0.1, -0.05) is 6.92 Å². The average Bonchev–Trinajstić information content (AvgIpc) is 2.38. The molecule has 0 aromatic heterocycles. The molecule has 0 aliphatic carbocycles. The van der Waals surface area contributed by atoms with Crippen LogP contribution in [0.25, 0.3) is 0 Å². The van der Waals surface area contributed by atoms with Crippen LogP contribution in [0, 0.1) is 17.8 Å². The zero-order chi connectivity index (χ0) is 12.7. The van der Waals surface area contributed by atoms with Crippen LogP contribution in [0.3, 0.4) is 0 Å². The van der Waals surface area contributed by atoms with Gasteiger partial charge >= 0.3 is 0 Å². The van der Waals surface area contributed by atoms with Crippen molar-refractivity contribution in [3.05, 3.63) is 0 Å². The van der Waals surface area contributed by atoms with E-state index in [0.29, 0.717) is 5.92 Å². The minimum atomic E-state index is 0.0562. The Morgan fingerprint density at radius 3 is 2.47 bits per heavy atom. The first-order valence-electron chi connectivity index (χ1n) is 7.21. The fourth-order valence-electron chi connectivity index (χ4n) is 3.78. The fraction of sp³-hybridized carbons (Fsp3) is 1.00. The Hall–Kier alpha value is -0.0800. The summed E-state index contributed by atoms with van der Waals surface area (Å²) in [5, 5.41) is 3.55. The van der Waals surface area contributed by atoms with E-state index in [9.17, 15) is 0 Å². The molecule has 0 bridgehead atoms. The number of rotatable bonds is 2. The maximum Gasteiger partial charge on any atom is 0.0662 e. The summed E-state index contributed by atoms with van der Waals surface area (Å²) in [6, 6.07) is 0. The largest absolute Gasteiger partial charge is 0.369 e. The molecule has 1 N–H and O–H groups in total. The molecule has 0 radical (unpaired) electrons. The third kappa shape index (κ3) is 3.03. The highest BCUT2D eigenvalue weighted by Crippen LogP contribution is 2.45. The van der Waals surface area contributed by atoms with Gasteiger partial charge in [0, 0.05) is 0 Å². The van der Waals surface area contributed by atoms with E-state index >= 15 is 0 Å². The Morgan fingerprint density at radius 2 is 1.94 bits per heavy atom. The molecule has 17 heavy (non-hydrogen) atoms. The number of hydrogen-bond donors (Lipinski definition) is 1. The van der Waals surface area contributed by atoms with E-state index in [-0.39, 0.29) is 11.2 Å². The van der Waals surface area contributed by atoms with Crippen molar-refractivity contribution in [3.8, 4) is 0 Å². The third-order valence-electron chi connectivity index (χ3n) is 4.84. The molecule has 100 valence electrons. The third-order valence-corrected chi connectivity index (χ3v) is 4.84. The molecule has 2 aliphatic rings. The van der Waals surface area contributed by atoms with E-state index in [2.05, 4.69) is 39.9 Å². The van der Waals surface area contributed by atoms with Crippen molar-refractivity contribution in [3.63, 3.8) is 0 Å². The van der Waals surface area contributed by atoms with Gasteiger partial charge < -0.3 is 10.1 Å². The number of hydrogen-bond acceptors (Lipinski definition) is 2. The zero-order valence-electron chi connectivity index (χ0n) is 12.2. The highest BCUT2D eigenvalue weighted by atomic mass is 16.5. The lowest BCUT2D eigenvalue weighted by Crippen LogP contribution is -2.38. The van der Waals surface area contributed by atoms with Gasteiger partial charge in [-0.15, -0.1) is 0 Å². The van der Waals surface area contributed by atoms with Crippen LogP contribution in [-0.4, -0.2) is 24.3 Å². The second kappa shape index (κ2) is 4.55. The summed E-state index contributed by atoms with van der Waals surface area (Å²) >= 11 is 0. The molecule has 3 atom stereocenters. The van der Waals surface area contributed by atoms with Crippen LogP contribution in [0.4, 0.5) is 0 Å². The van der Waals surface area contributed by atoms with Gasteiger partial charge in [-0.25, -0.2) is 0 Å². The smallest absolute Gasteiger partial charge is 0.0662 e. The van der Waals surface area contributed by atoms with E-state index in [0.717, 1.165) is 11.8 Å². The maximum atomic E-state index is 6.21. The van der Waals surface area contributed by atoms with Crippen LogP contribution in [0.5, 0.6) is 0 Å². The number of nitrogens with one attached hydrogen (secondary N) is 1. The predicted octanol–water partition coefficient (Wildman–Crippen LogP) is 3.22. The van der Waals surface area contributed by atoms with Gasteiger partial charge in [0.15, 0.2) is 0 Å². The Balaban J connectivity index is 1.98. The monoisotopic (exact) mass is 239 g/mol. The van der Waals surface area contributed by atoms with E-state index in [1.807, 2.05) is 0 Å². The summed E-state index contributed by atoms with van der Waals surface area (Å²) in [5.74, 6) is 2.42. The van der Waals surface area contributed by atoms with Crippen LogP contribution in [0.15, 0.2) is 0 Å². The fourth-order valence-corrected chi connectivity index (χ4v) is 3.78. The quantitative estimate of drug-likeness (QED) is 0.799. The number of piperidine rings is 1. The standard InChI is InChI=1S/C15H29NO/c1-11-6-7-16-10-12(11)8-13-9-14(2,3)17-15(13,4)5/h11-13,16H,6-10H2,1-5H3. The Bertz CT molecular complexity index is 272. The van der Waals surface area contributed by atoms with Crippen molar-refractivity contribution in [1.29, 1.82) is 0 Å². The van der Waals surface area contributed by atoms with Gasteiger partial charge in [0.2, 0.25) is 0 Å². The van der Waals surface area contributed by atoms with Crippen molar-refractivity contribution in [2.24, 2.45) is 17.8 Å². The molecular weight excluding hydrogens is 210 g/mol. The second-order valence-electron chi connectivity index (χ2n) is 7.33. The van der Waals surface area contributed by atoms with Crippen molar-refractivity contribution in [2.75, 3.05) is 13.1 Å². The van der Waals surface area contributed by atoms with E-state index in [4.69, 9.17) is 4.74 Å². The molecule has 2 heterocycles. The lowest BCUT2D eigenvalue weighted by molar-refractivity contribution is -0.0771. The van der Waals surface area contributed by atoms with E-state index < -0.39 is 0 Å². The molecule has 2 rings (SSSR count). The predicted molar refractivity (Wildman–Crippen MR) is 72.1 cm³/mol. The van der Waals surface area contributed by atoms with Crippen LogP contribution in [0.1, 0.15) is 53.9 Å². The minimum absolute atomic E-state index is 0.0562. The topological polar surface area (TPSA) is 21.3 Å². The minimum Gasteiger partial charge on any atom is -0.369 e. The second-order valence-corrected chi connectivity index (χ2v) is 7.33. The highest BCUT2D eigenvalue weighted by molar-refractivity contribution is 4.95. The molecule has 0 saturated carbocycles. The molecule has 2 nitrogen and oxygen atoms in total. The SMILES string of the molecule is CC1CCNCC1CC1CC(C)(C)OC1(C)C. The maximum absolute atomic E-state index is 6.21. The number of ether oxygens (including phenoxy) is 1. The van der Waals surface area contributed by atoms with Crippen molar-refractivity contribution in [1.82, 2.24) is 5.32 Å². The normalized spacial score (nSPS) is 40.4. The van der Waals surface area contributed by atoms with Crippen LogP contribution < -0.4 is 5.32 Å². The first kappa shape index (κ1) is 13.4. The lowest BCUT2D eigenvalue weighted by atomic mass is 9.75. The molecule has 2 fully saturated rings. The van der Waals surface area contributed by atoms with Gasteiger partial charge in [0.05, 0.1) is 11.2 Å². The summed E-state index contributed by atoms with van der Waals surface area (Å²) < 4.78 is 6.21. The molecule has 0 aromatic carbocycles. The summed E-state index contributed by atoms with van der Waals surface area (Å²) in [6.07, 6.45) is 3.87. The van der Waals surface area contributed by atoms with Crippen molar-refractivity contribution >= 4 is 0 Å². The Kier molecular flexibility index (Phi) is 3.57. The molecule has 0 aromatic rings.